The lowest BCUT2D eigenvalue weighted by Crippen LogP contribution is -1.98. The van der Waals surface area contributed by atoms with Gasteiger partial charge in [0.25, 0.3) is 5.69 Å². The normalized spacial score (nSPS) is 10.1. The van der Waals surface area contributed by atoms with E-state index in [4.69, 9.17) is 22.1 Å². The van der Waals surface area contributed by atoms with E-state index in [0.29, 0.717) is 0 Å². The van der Waals surface area contributed by atoms with Crippen LogP contribution in [0.3, 0.4) is 0 Å². The SMILES string of the molecule is Nc1cccc(Oc2ccc([N+](=O)[O-])cc2Cl)c1[N+](=O)[O-]. The quantitative estimate of drug-likeness (QED) is 0.523. The first kappa shape index (κ1) is 14.5. The van der Waals surface area contributed by atoms with E-state index in [-0.39, 0.29) is 27.9 Å². The summed E-state index contributed by atoms with van der Waals surface area (Å²) in [7, 11) is 0. The van der Waals surface area contributed by atoms with Gasteiger partial charge in [0.15, 0.2) is 0 Å². The third-order valence-corrected chi connectivity index (χ3v) is 2.85. The molecular weight excluding hydrogens is 302 g/mol. The Labute approximate surface area is 123 Å². The number of halogens is 1. The summed E-state index contributed by atoms with van der Waals surface area (Å²) in [5, 5.41) is 21.6. The van der Waals surface area contributed by atoms with Crippen molar-refractivity contribution >= 4 is 28.7 Å². The third kappa shape index (κ3) is 3.00. The van der Waals surface area contributed by atoms with E-state index in [1.165, 1.54) is 30.3 Å². The van der Waals surface area contributed by atoms with Crippen molar-refractivity contribution in [2.45, 2.75) is 0 Å². The Morgan fingerprint density at radius 1 is 1.05 bits per heavy atom. The predicted molar refractivity (Wildman–Crippen MR) is 75.7 cm³/mol. The van der Waals surface area contributed by atoms with Crippen molar-refractivity contribution < 1.29 is 14.6 Å². The first-order valence-electron chi connectivity index (χ1n) is 5.55. The highest BCUT2D eigenvalue weighted by Crippen LogP contribution is 2.38. The second-order valence-corrected chi connectivity index (χ2v) is 4.33. The summed E-state index contributed by atoms with van der Waals surface area (Å²) in [4.78, 5) is 20.3. The molecule has 0 saturated heterocycles. The Balaban J connectivity index is 2.42. The first-order chi connectivity index (χ1) is 9.90. The molecule has 0 radical (unpaired) electrons. The average molecular weight is 310 g/mol. The molecule has 0 amide bonds. The molecule has 0 unspecified atom stereocenters. The topological polar surface area (TPSA) is 122 Å². The van der Waals surface area contributed by atoms with Crippen LogP contribution in [-0.4, -0.2) is 9.85 Å². The molecule has 0 bridgehead atoms. The lowest BCUT2D eigenvalue weighted by molar-refractivity contribution is -0.384. The van der Waals surface area contributed by atoms with Gasteiger partial charge in [-0.15, -0.1) is 0 Å². The van der Waals surface area contributed by atoms with Gasteiger partial charge in [0.05, 0.1) is 14.9 Å². The molecule has 21 heavy (non-hydrogen) atoms. The average Bonchev–Trinajstić information content (AvgIpc) is 2.40. The highest BCUT2D eigenvalue weighted by atomic mass is 35.5. The summed E-state index contributed by atoms with van der Waals surface area (Å²) < 4.78 is 5.34. The molecule has 2 aromatic rings. The minimum Gasteiger partial charge on any atom is -0.448 e. The van der Waals surface area contributed by atoms with E-state index in [1.54, 1.807) is 0 Å². The number of nitrogens with two attached hydrogens (primary N) is 1. The Morgan fingerprint density at radius 2 is 1.76 bits per heavy atom. The number of nitrogen functional groups attached to an aromatic ring is 1. The van der Waals surface area contributed by atoms with Gasteiger partial charge in [0.2, 0.25) is 5.75 Å². The maximum absolute atomic E-state index is 11.0. The smallest absolute Gasteiger partial charge is 0.334 e. The molecule has 108 valence electrons. The van der Waals surface area contributed by atoms with Crippen LogP contribution in [0.5, 0.6) is 11.5 Å². The molecule has 2 N–H and O–H groups in total. The van der Waals surface area contributed by atoms with Gasteiger partial charge in [-0.2, -0.15) is 0 Å². The second-order valence-electron chi connectivity index (χ2n) is 3.92. The van der Waals surface area contributed by atoms with Crippen molar-refractivity contribution in [1.29, 1.82) is 0 Å². The largest absolute Gasteiger partial charge is 0.448 e. The van der Waals surface area contributed by atoms with E-state index in [9.17, 15) is 20.2 Å². The second kappa shape index (κ2) is 5.63. The summed E-state index contributed by atoms with van der Waals surface area (Å²) in [6, 6.07) is 7.73. The molecule has 0 aliphatic carbocycles. The van der Waals surface area contributed by atoms with Crippen LogP contribution in [0.25, 0.3) is 0 Å². The minimum absolute atomic E-state index is 0.0408. The van der Waals surface area contributed by atoms with Crippen molar-refractivity contribution in [1.82, 2.24) is 0 Å². The number of non-ortho nitro benzene ring substituents is 1. The summed E-state index contributed by atoms with van der Waals surface area (Å²) in [5.41, 5.74) is 4.86. The highest BCUT2D eigenvalue weighted by Gasteiger charge is 2.21. The number of nitro benzene ring substituents is 2. The van der Waals surface area contributed by atoms with Crippen LogP contribution in [0.2, 0.25) is 5.02 Å². The van der Waals surface area contributed by atoms with E-state index < -0.39 is 15.5 Å². The van der Waals surface area contributed by atoms with Gasteiger partial charge in [-0.3, -0.25) is 20.2 Å². The standard InChI is InChI=1S/C12H8ClN3O5/c13-8-6-7(15(17)18)4-5-10(8)21-11-3-1-2-9(14)12(11)16(19)20/h1-6H,14H2. The van der Waals surface area contributed by atoms with E-state index in [1.807, 2.05) is 0 Å². The molecule has 9 heteroatoms. The first-order valence-corrected chi connectivity index (χ1v) is 5.92. The Morgan fingerprint density at radius 3 is 2.33 bits per heavy atom. The fraction of sp³-hybridized carbons (Fsp3) is 0. The molecule has 0 fully saturated rings. The molecule has 8 nitrogen and oxygen atoms in total. The van der Waals surface area contributed by atoms with Crippen LogP contribution in [-0.2, 0) is 0 Å². The molecular formula is C12H8ClN3O5. The van der Waals surface area contributed by atoms with Crippen molar-refractivity contribution in [3.8, 4) is 11.5 Å². The van der Waals surface area contributed by atoms with Gasteiger partial charge in [0.1, 0.15) is 11.4 Å². The Hall–Kier alpha value is -2.87. The Kier molecular flexibility index (Phi) is 3.90. The number of hydrogen-bond acceptors (Lipinski definition) is 6. The minimum atomic E-state index is -0.677. The maximum Gasteiger partial charge on any atom is 0.334 e. The van der Waals surface area contributed by atoms with Crippen LogP contribution in [0.4, 0.5) is 17.1 Å². The third-order valence-electron chi connectivity index (χ3n) is 2.56. The number of para-hydroxylation sites is 1. The number of benzene rings is 2. The summed E-state index contributed by atoms with van der Waals surface area (Å²) in [6.07, 6.45) is 0. The highest BCUT2D eigenvalue weighted by molar-refractivity contribution is 6.32. The molecule has 0 saturated carbocycles. The molecule has 0 aromatic heterocycles. The summed E-state index contributed by atoms with van der Waals surface area (Å²) in [6.45, 7) is 0. The molecule has 0 aliphatic rings. The fourth-order valence-corrected chi connectivity index (χ4v) is 1.83. The summed E-state index contributed by atoms with van der Waals surface area (Å²) in [5.74, 6) is -0.0493. The van der Waals surface area contributed by atoms with Gasteiger partial charge in [-0.1, -0.05) is 17.7 Å². The van der Waals surface area contributed by atoms with Gasteiger partial charge in [-0.05, 0) is 18.2 Å². The Bertz CT molecular complexity index is 735. The molecule has 0 spiro atoms. The molecule has 0 aliphatic heterocycles. The number of nitrogens with zero attached hydrogens (tertiary/aromatic N) is 2. The lowest BCUT2D eigenvalue weighted by atomic mass is 10.2. The molecule has 2 rings (SSSR count). The monoisotopic (exact) mass is 309 g/mol. The van der Waals surface area contributed by atoms with Gasteiger partial charge in [-0.25, -0.2) is 0 Å². The van der Waals surface area contributed by atoms with Crippen LogP contribution in [0, 0.1) is 20.2 Å². The number of ether oxygens (including phenoxy) is 1. The fourth-order valence-electron chi connectivity index (χ4n) is 1.62. The van der Waals surface area contributed by atoms with Crippen LogP contribution < -0.4 is 10.5 Å². The number of rotatable bonds is 4. The van der Waals surface area contributed by atoms with E-state index >= 15 is 0 Å². The summed E-state index contributed by atoms with van der Waals surface area (Å²) >= 11 is 5.86. The van der Waals surface area contributed by atoms with Crippen LogP contribution >= 0.6 is 11.6 Å². The zero-order chi connectivity index (χ0) is 15.6. The predicted octanol–water partition coefficient (Wildman–Crippen LogP) is 3.53. The lowest BCUT2D eigenvalue weighted by Gasteiger charge is -2.08. The number of anilines is 1. The van der Waals surface area contributed by atoms with Crippen LogP contribution in [0.1, 0.15) is 0 Å². The molecule has 0 atom stereocenters. The van der Waals surface area contributed by atoms with Crippen molar-refractivity contribution in [2.75, 3.05) is 5.73 Å². The van der Waals surface area contributed by atoms with Gasteiger partial charge in [0, 0.05) is 12.1 Å². The number of hydrogen-bond donors (Lipinski definition) is 1. The van der Waals surface area contributed by atoms with Gasteiger partial charge >= 0.3 is 5.69 Å². The zero-order valence-corrected chi connectivity index (χ0v) is 11.1. The van der Waals surface area contributed by atoms with Crippen molar-refractivity contribution in [3.63, 3.8) is 0 Å². The van der Waals surface area contributed by atoms with E-state index in [0.717, 1.165) is 6.07 Å². The zero-order valence-electron chi connectivity index (χ0n) is 10.4. The molecule has 2 aromatic carbocycles. The van der Waals surface area contributed by atoms with Crippen molar-refractivity contribution in [2.24, 2.45) is 0 Å². The maximum atomic E-state index is 11.0. The molecule has 0 heterocycles. The number of nitro groups is 2. The van der Waals surface area contributed by atoms with Crippen molar-refractivity contribution in [3.05, 3.63) is 61.6 Å². The van der Waals surface area contributed by atoms with Crippen LogP contribution in [0.15, 0.2) is 36.4 Å². The van der Waals surface area contributed by atoms with E-state index in [2.05, 4.69) is 0 Å². The van der Waals surface area contributed by atoms with Gasteiger partial charge < -0.3 is 10.5 Å².